The van der Waals surface area contributed by atoms with E-state index in [1.807, 2.05) is 36.4 Å². The summed E-state index contributed by atoms with van der Waals surface area (Å²) in [6.45, 7) is 0. The maximum absolute atomic E-state index is 11.6. The van der Waals surface area contributed by atoms with Crippen molar-refractivity contribution in [2.24, 2.45) is 0 Å². The van der Waals surface area contributed by atoms with E-state index in [0.717, 1.165) is 22.1 Å². The van der Waals surface area contributed by atoms with Crippen LogP contribution in [-0.2, 0) is 4.74 Å². The zero-order chi connectivity index (χ0) is 16.9. The number of hydrogen-bond donors (Lipinski definition) is 2. The molecule has 0 aromatic heterocycles. The van der Waals surface area contributed by atoms with Crippen molar-refractivity contribution in [3.05, 3.63) is 72.3 Å². The van der Waals surface area contributed by atoms with Crippen LogP contribution in [0.15, 0.2) is 66.7 Å². The van der Waals surface area contributed by atoms with Crippen LogP contribution in [0, 0.1) is 0 Å². The Bertz CT molecular complexity index is 903. The predicted molar refractivity (Wildman–Crippen MR) is 102 cm³/mol. The van der Waals surface area contributed by atoms with Gasteiger partial charge in [-0.25, -0.2) is 4.79 Å². The minimum Gasteiger partial charge on any atom is -0.465 e. The molecule has 0 amide bonds. The minimum atomic E-state index is -0.383. The second-order valence-electron chi connectivity index (χ2n) is 5.18. The maximum atomic E-state index is 11.6. The molecule has 120 valence electrons. The van der Waals surface area contributed by atoms with E-state index in [-0.39, 0.29) is 5.97 Å². The average Bonchev–Trinajstić information content (AvgIpc) is 2.61. The summed E-state index contributed by atoms with van der Waals surface area (Å²) in [5, 5.41) is 8.97. The quantitative estimate of drug-likeness (QED) is 0.547. The van der Waals surface area contributed by atoms with Gasteiger partial charge < -0.3 is 15.4 Å². The second-order valence-corrected chi connectivity index (χ2v) is 5.59. The van der Waals surface area contributed by atoms with Crippen molar-refractivity contribution >= 4 is 45.4 Å². The van der Waals surface area contributed by atoms with Crippen LogP contribution >= 0.6 is 12.2 Å². The SMILES string of the molecule is COC(=O)c1cccc(NC(=S)Nc2cccc3ccccc23)c1. The molecule has 0 aliphatic carbocycles. The topological polar surface area (TPSA) is 50.4 Å². The smallest absolute Gasteiger partial charge is 0.337 e. The fourth-order valence-electron chi connectivity index (χ4n) is 2.46. The molecule has 2 N–H and O–H groups in total. The Labute approximate surface area is 145 Å². The summed E-state index contributed by atoms with van der Waals surface area (Å²) in [4.78, 5) is 11.6. The van der Waals surface area contributed by atoms with Crippen molar-refractivity contribution in [3.8, 4) is 0 Å². The van der Waals surface area contributed by atoms with Crippen molar-refractivity contribution in [2.45, 2.75) is 0 Å². The van der Waals surface area contributed by atoms with Crippen LogP contribution in [0.4, 0.5) is 11.4 Å². The first-order chi connectivity index (χ1) is 11.7. The van der Waals surface area contributed by atoms with E-state index >= 15 is 0 Å². The van der Waals surface area contributed by atoms with Crippen molar-refractivity contribution in [1.82, 2.24) is 0 Å². The van der Waals surface area contributed by atoms with Crippen molar-refractivity contribution < 1.29 is 9.53 Å². The molecule has 0 saturated heterocycles. The lowest BCUT2D eigenvalue weighted by Crippen LogP contribution is -2.19. The summed E-state index contributed by atoms with van der Waals surface area (Å²) in [6, 6.07) is 21.1. The van der Waals surface area contributed by atoms with Gasteiger partial charge in [0, 0.05) is 16.8 Å². The zero-order valence-corrected chi connectivity index (χ0v) is 13.9. The maximum Gasteiger partial charge on any atom is 0.337 e. The lowest BCUT2D eigenvalue weighted by molar-refractivity contribution is 0.0601. The molecule has 0 bridgehead atoms. The molecule has 0 atom stereocenters. The number of carbonyl (C=O) groups excluding carboxylic acids is 1. The number of rotatable bonds is 3. The lowest BCUT2D eigenvalue weighted by Gasteiger charge is -2.13. The fourth-order valence-corrected chi connectivity index (χ4v) is 2.69. The lowest BCUT2D eigenvalue weighted by atomic mass is 10.1. The summed E-state index contributed by atoms with van der Waals surface area (Å²) in [5.74, 6) is -0.383. The number of anilines is 2. The van der Waals surface area contributed by atoms with Crippen molar-refractivity contribution in [1.29, 1.82) is 0 Å². The van der Waals surface area contributed by atoms with Gasteiger partial charge >= 0.3 is 5.97 Å². The van der Waals surface area contributed by atoms with Gasteiger partial charge in [-0.3, -0.25) is 0 Å². The Balaban J connectivity index is 1.77. The summed E-state index contributed by atoms with van der Waals surface area (Å²) in [7, 11) is 1.36. The van der Waals surface area contributed by atoms with Gasteiger partial charge in [0.1, 0.15) is 0 Å². The minimum absolute atomic E-state index is 0.383. The van der Waals surface area contributed by atoms with Gasteiger partial charge in [-0.1, -0.05) is 42.5 Å². The molecule has 3 aromatic carbocycles. The third kappa shape index (κ3) is 3.52. The van der Waals surface area contributed by atoms with Gasteiger partial charge in [0.15, 0.2) is 5.11 Å². The van der Waals surface area contributed by atoms with Crippen molar-refractivity contribution in [3.63, 3.8) is 0 Å². The molecular weight excluding hydrogens is 320 g/mol. The first-order valence-electron chi connectivity index (χ1n) is 7.41. The molecule has 24 heavy (non-hydrogen) atoms. The number of hydrogen-bond acceptors (Lipinski definition) is 3. The van der Waals surface area contributed by atoms with E-state index < -0.39 is 0 Å². The molecule has 0 heterocycles. The zero-order valence-electron chi connectivity index (χ0n) is 13.1. The number of methoxy groups -OCH3 is 1. The molecular formula is C19H16N2O2S. The van der Waals surface area contributed by atoms with Crippen molar-refractivity contribution in [2.75, 3.05) is 17.7 Å². The highest BCUT2D eigenvalue weighted by Crippen LogP contribution is 2.23. The first-order valence-corrected chi connectivity index (χ1v) is 7.82. The number of nitrogens with one attached hydrogen (secondary N) is 2. The van der Waals surface area contributed by atoms with Crippen LogP contribution in [0.3, 0.4) is 0 Å². The van der Waals surface area contributed by atoms with Crippen LogP contribution < -0.4 is 10.6 Å². The highest BCUT2D eigenvalue weighted by atomic mass is 32.1. The number of thiocarbonyl (C=S) groups is 1. The van der Waals surface area contributed by atoms with Crippen LogP contribution in [-0.4, -0.2) is 18.2 Å². The average molecular weight is 336 g/mol. The Kier molecular flexibility index (Phi) is 4.72. The molecule has 0 saturated carbocycles. The van der Waals surface area contributed by atoms with Crippen LogP contribution in [0.25, 0.3) is 10.8 Å². The van der Waals surface area contributed by atoms with Gasteiger partial charge in [-0.15, -0.1) is 0 Å². The molecule has 0 aliphatic heterocycles. The van der Waals surface area contributed by atoms with E-state index in [1.165, 1.54) is 7.11 Å². The number of esters is 1. The molecule has 0 radical (unpaired) electrons. The third-order valence-electron chi connectivity index (χ3n) is 3.58. The monoisotopic (exact) mass is 336 g/mol. The molecule has 0 spiro atoms. The summed E-state index contributed by atoms with van der Waals surface area (Å²) in [5.41, 5.74) is 2.11. The van der Waals surface area contributed by atoms with Gasteiger partial charge in [0.2, 0.25) is 0 Å². The standard InChI is InChI=1S/C19H16N2O2S/c1-23-18(22)14-8-4-9-15(12-14)20-19(24)21-17-11-5-7-13-6-2-3-10-16(13)17/h2-12H,1H3,(H2,20,21,24). The summed E-state index contributed by atoms with van der Waals surface area (Å²) >= 11 is 5.38. The van der Waals surface area contributed by atoms with Gasteiger partial charge in [-0.05, 0) is 41.9 Å². The number of carbonyl (C=O) groups is 1. The largest absolute Gasteiger partial charge is 0.465 e. The predicted octanol–water partition coefficient (Wildman–Crippen LogP) is 4.44. The molecule has 3 aromatic rings. The molecule has 4 nitrogen and oxygen atoms in total. The Morgan fingerprint density at radius 2 is 1.71 bits per heavy atom. The van der Waals surface area contributed by atoms with E-state index in [4.69, 9.17) is 17.0 Å². The second kappa shape index (κ2) is 7.10. The molecule has 0 aliphatic rings. The third-order valence-corrected chi connectivity index (χ3v) is 3.78. The van der Waals surface area contributed by atoms with Crippen LogP contribution in [0.5, 0.6) is 0 Å². The molecule has 5 heteroatoms. The van der Waals surface area contributed by atoms with E-state index in [9.17, 15) is 4.79 Å². The van der Waals surface area contributed by atoms with Gasteiger partial charge in [0.25, 0.3) is 0 Å². The molecule has 0 unspecified atom stereocenters. The Morgan fingerprint density at radius 1 is 0.958 bits per heavy atom. The summed E-state index contributed by atoms with van der Waals surface area (Å²) < 4.78 is 4.72. The Hall–Kier alpha value is -2.92. The van der Waals surface area contributed by atoms with Crippen LogP contribution in [0.2, 0.25) is 0 Å². The van der Waals surface area contributed by atoms with Gasteiger partial charge in [0.05, 0.1) is 12.7 Å². The van der Waals surface area contributed by atoms with E-state index in [2.05, 4.69) is 22.8 Å². The number of fused-ring (bicyclic) bond motifs is 1. The van der Waals surface area contributed by atoms with E-state index in [1.54, 1.807) is 18.2 Å². The highest BCUT2D eigenvalue weighted by molar-refractivity contribution is 7.80. The normalized spacial score (nSPS) is 10.2. The Morgan fingerprint density at radius 3 is 2.54 bits per heavy atom. The van der Waals surface area contributed by atoms with Gasteiger partial charge in [-0.2, -0.15) is 0 Å². The fraction of sp³-hybridized carbons (Fsp3) is 0.0526. The molecule has 0 fully saturated rings. The number of ether oxygens (including phenoxy) is 1. The van der Waals surface area contributed by atoms with Crippen LogP contribution in [0.1, 0.15) is 10.4 Å². The summed E-state index contributed by atoms with van der Waals surface area (Å²) in [6.07, 6.45) is 0. The highest BCUT2D eigenvalue weighted by Gasteiger charge is 2.07. The molecule has 3 rings (SSSR count). The van der Waals surface area contributed by atoms with E-state index in [0.29, 0.717) is 10.7 Å². The number of benzene rings is 3. The first kappa shape index (κ1) is 16.0.